The lowest BCUT2D eigenvalue weighted by molar-refractivity contribution is 0.0265. The minimum Gasteiger partial charge on any atom is -0.388 e. The van der Waals surface area contributed by atoms with E-state index in [2.05, 4.69) is 46.0 Å². The van der Waals surface area contributed by atoms with Crippen LogP contribution in [0.4, 0.5) is 0 Å². The van der Waals surface area contributed by atoms with Gasteiger partial charge in [-0.05, 0) is 30.0 Å². The van der Waals surface area contributed by atoms with Gasteiger partial charge in [0.15, 0.2) is 0 Å². The van der Waals surface area contributed by atoms with E-state index >= 15 is 0 Å². The quantitative estimate of drug-likeness (QED) is 0.751. The topological polar surface area (TPSA) is 50.1 Å². The molecule has 1 atom stereocenters. The van der Waals surface area contributed by atoms with Crippen LogP contribution in [-0.2, 0) is 19.4 Å². The molecule has 0 saturated heterocycles. The maximum absolute atomic E-state index is 10.9. The molecule has 2 heterocycles. The van der Waals surface area contributed by atoms with Gasteiger partial charge in [-0.25, -0.2) is 4.98 Å². The average Bonchev–Trinajstić information content (AvgIpc) is 3.26. The molecule has 3 aromatic rings. The minimum atomic E-state index is -0.640. The molecule has 1 aromatic carbocycles. The average molecular weight is 339 g/mol. The van der Waals surface area contributed by atoms with Crippen LogP contribution in [0.2, 0.25) is 0 Å². The van der Waals surface area contributed by atoms with E-state index in [9.17, 15) is 5.11 Å². The molecule has 24 heavy (non-hydrogen) atoms. The molecule has 5 heteroatoms. The first-order chi connectivity index (χ1) is 11.7. The molecular weight excluding hydrogens is 318 g/mol. The first-order valence-electron chi connectivity index (χ1n) is 8.27. The third-order valence-electron chi connectivity index (χ3n) is 4.69. The first-order valence-corrected chi connectivity index (χ1v) is 9.15. The summed E-state index contributed by atoms with van der Waals surface area (Å²) in [6.07, 6.45) is 8.05. The molecule has 2 aromatic heterocycles. The Bertz CT molecular complexity index is 812. The molecule has 0 bridgehead atoms. The summed E-state index contributed by atoms with van der Waals surface area (Å²) >= 11 is 1.73. The molecule has 0 aliphatic heterocycles. The Hall–Kier alpha value is -1.95. The maximum Gasteiger partial charge on any atom is 0.0991 e. The molecule has 0 saturated carbocycles. The molecule has 1 aliphatic rings. The molecule has 0 amide bonds. The summed E-state index contributed by atoms with van der Waals surface area (Å²) in [5.41, 5.74) is 3.16. The first kappa shape index (κ1) is 15.6. The summed E-state index contributed by atoms with van der Waals surface area (Å²) in [6.45, 7) is 1.41. The van der Waals surface area contributed by atoms with Crippen molar-refractivity contribution in [2.45, 2.75) is 31.4 Å². The summed E-state index contributed by atoms with van der Waals surface area (Å²) in [7, 11) is 0. The second-order valence-corrected chi connectivity index (χ2v) is 7.51. The number of fused-ring (bicyclic) bond motifs is 1. The molecule has 0 fully saturated rings. The number of rotatable bonds is 5. The van der Waals surface area contributed by atoms with Crippen molar-refractivity contribution in [2.75, 3.05) is 6.54 Å². The van der Waals surface area contributed by atoms with Crippen molar-refractivity contribution in [2.24, 2.45) is 0 Å². The fourth-order valence-electron chi connectivity index (χ4n) is 3.36. The predicted molar refractivity (Wildman–Crippen MR) is 96.6 cm³/mol. The highest BCUT2D eigenvalue weighted by Gasteiger charge is 2.31. The fourth-order valence-corrected chi connectivity index (χ4v) is 4.20. The lowest BCUT2D eigenvalue weighted by Crippen LogP contribution is -2.44. The Morgan fingerprint density at radius 3 is 3.00 bits per heavy atom. The summed E-state index contributed by atoms with van der Waals surface area (Å²) in [6, 6.07) is 10.6. The molecule has 4 nitrogen and oxygen atoms in total. The summed E-state index contributed by atoms with van der Waals surface area (Å²) in [4.78, 5) is 5.34. The van der Waals surface area contributed by atoms with Gasteiger partial charge in [-0.2, -0.15) is 0 Å². The van der Waals surface area contributed by atoms with Crippen molar-refractivity contribution in [3.63, 3.8) is 0 Å². The number of aliphatic hydroxyl groups is 1. The number of hydrogen-bond acceptors (Lipinski definition) is 4. The van der Waals surface area contributed by atoms with Gasteiger partial charge >= 0.3 is 0 Å². The van der Waals surface area contributed by atoms with Crippen LogP contribution in [-0.4, -0.2) is 26.8 Å². The van der Waals surface area contributed by atoms with Gasteiger partial charge in [0.2, 0.25) is 0 Å². The molecule has 1 aliphatic carbocycles. The van der Waals surface area contributed by atoms with Gasteiger partial charge in [0.25, 0.3) is 0 Å². The van der Waals surface area contributed by atoms with Crippen molar-refractivity contribution >= 4 is 11.3 Å². The van der Waals surface area contributed by atoms with Crippen LogP contribution in [0.15, 0.2) is 54.4 Å². The summed E-state index contributed by atoms with van der Waals surface area (Å²) < 4.78 is 2.01. The fraction of sp³-hybridized carbons (Fsp3) is 0.316. The van der Waals surface area contributed by atoms with Crippen LogP contribution in [0.3, 0.4) is 0 Å². The van der Waals surface area contributed by atoms with Crippen LogP contribution in [0.25, 0.3) is 5.69 Å². The van der Waals surface area contributed by atoms with Gasteiger partial charge in [0, 0.05) is 42.2 Å². The zero-order valence-electron chi connectivity index (χ0n) is 13.5. The van der Waals surface area contributed by atoms with E-state index < -0.39 is 5.60 Å². The predicted octanol–water partition coefficient (Wildman–Crippen LogP) is 2.94. The van der Waals surface area contributed by atoms with E-state index in [-0.39, 0.29) is 0 Å². The number of nitrogens with one attached hydrogen (secondary N) is 1. The highest BCUT2D eigenvalue weighted by atomic mass is 32.1. The van der Waals surface area contributed by atoms with E-state index in [1.54, 1.807) is 23.9 Å². The molecule has 2 N–H and O–H groups in total. The molecule has 0 spiro atoms. The molecule has 0 radical (unpaired) electrons. The zero-order chi connectivity index (χ0) is 16.4. The minimum absolute atomic E-state index is 0.625. The standard InChI is InChI=1S/C19H21N3OS/c23-19(6-5-15-3-1-2-4-16(15)10-19)13-21-11-18-9-17(12-24-18)22-8-7-20-14-22/h1-4,7-9,12,14,21,23H,5-6,10-11,13H2. The second-order valence-electron chi connectivity index (χ2n) is 6.51. The van der Waals surface area contributed by atoms with E-state index in [0.717, 1.165) is 31.5 Å². The SMILES string of the molecule is OC1(CNCc2cc(-n3ccnc3)cs2)CCc2ccccc2C1. The Labute approximate surface area is 145 Å². The largest absolute Gasteiger partial charge is 0.388 e. The second kappa shape index (κ2) is 6.51. The maximum atomic E-state index is 10.9. The number of aromatic nitrogens is 2. The van der Waals surface area contributed by atoms with E-state index in [1.807, 2.05) is 10.8 Å². The Morgan fingerprint density at radius 2 is 2.17 bits per heavy atom. The van der Waals surface area contributed by atoms with Crippen LogP contribution < -0.4 is 5.32 Å². The molecule has 4 rings (SSSR count). The van der Waals surface area contributed by atoms with Crippen LogP contribution in [0.5, 0.6) is 0 Å². The smallest absolute Gasteiger partial charge is 0.0991 e. The number of thiophene rings is 1. The van der Waals surface area contributed by atoms with Crippen molar-refractivity contribution < 1.29 is 5.11 Å². The highest BCUT2D eigenvalue weighted by molar-refractivity contribution is 7.10. The lowest BCUT2D eigenvalue weighted by Gasteiger charge is -2.33. The van der Waals surface area contributed by atoms with Crippen LogP contribution in [0.1, 0.15) is 22.4 Å². The normalized spacial score (nSPS) is 20.0. The van der Waals surface area contributed by atoms with Gasteiger partial charge in [-0.15, -0.1) is 11.3 Å². The van der Waals surface area contributed by atoms with E-state index in [1.165, 1.54) is 16.0 Å². The third kappa shape index (κ3) is 3.29. The molecule has 1 unspecified atom stereocenters. The van der Waals surface area contributed by atoms with Crippen molar-refractivity contribution in [3.8, 4) is 5.69 Å². The highest BCUT2D eigenvalue weighted by Crippen LogP contribution is 2.28. The van der Waals surface area contributed by atoms with Crippen molar-refractivity contribution in [1.82, 2.24) is 14.9 Å². The van der Waals surface area contributed by atoms with Gasteiger partial charge in [0.1, 0.15) is 0 Å². The van der Waals surface area contributed by atoms with E-state index in [4.69, 9.17) is 0 Å². The number of aryl methyl sites for hydroxylation is 1. The summed E-state index contributed by atoms with van der Waals surface area (Å²) in [5.74, 6) is 0. The van der Waals surface area contributed by atoms with Gasteiger partial charge in [-0.1, -0.05) is 24.3 Å². The van der Waals surface area contributed by atoms with Gasteiger partial charge < -0.3 is 15.0 Å². The molecular formula is C19H21N3OS. The third-order valence-corrected chi connectivity index (χ3v) is 5.62. The number of benzene rings is 1. The number of nitrogens with zero attached hydrogens (tertiary/aromatic N) is 2. The van der Waals surface area contributed by atoms with Crippen molar-refractivity contribution in [1.29, 1.82) is 0 Å². The van der Waals surface area contributed by atoms with E-state index in [0.29, 0.717) is 6.54 Å². The Morgan fingerprint density at radius 1 is 1.29 bits per heavy atom. The van der Waals surface area contributed by atoms with Crippen molar-refractivity contribution in [3.05, 3.63) is 70.4 Å². The van der Waals surface area contributed by atoms with Gasteiger partial charge in [-0.3, -0.25) is 0 Å². The van der Waals surface area contributed by atoms with Crippen LogP contribution in [0, 0.1) is 0 Å². The Balaban J connectivity index is 1.34. The van der Waals surface area contributed by atoms with Crippen LogP contribution >= 0.6 is 11.3 Å². The lowest BCUT2D eigenvalue weighted by atomic mass is 9.80. The van der Waals surface area contributed by atoms with Gasteiger partial charge in [0.05, 0.1) is 17.6 Å². The molecule has 124 valence electrons. The zero-order valence-corrected chi connectivity index (χ0v) is 14.3. The number of hydrogen-bond donors (Lipinski definition) is 2. The Kier molecular flexibility index (Phi) is 4.22. The number of imidazole rings is 1. The monoisotopic (exact) mass is 339 g/mol. The summed E-state index contributed by atoms with van der Waals surface area (Å²) in [5, 5.41) is 16.4.